The molecule has 1 N–H and O–H groups in total. The van der Waals surface area contributed by atoms with Crippen molar-refractivity contribution < 1.29 is 0 Å². The number of anilines is 2. The van der Waals surface area contributed by atoms with E-state index in [2.05, 4.69) is 41.3 Å². The van der Waals surface area contributed by atoms with Crippen LogP contribution in [0.4, 0.5) is 11.4 Å². The Kier molecular flexibility index (Phi) is 5.24. The second-order valence-corrected chi connectivity index (χ2v) is 5.28. The summed E-state index contributed by atoms with van der Waals surface area (Å²) in [4.78, 5) is 6.45. The molecule has 0 fully saturated rings. The van der Waals surface area contributed by atoms with Crippen molar-refractivity contribution in [3.8, 4) is 0 Å². The molecule has 20 heavy (non-hydrogen) atoms. The summed E-state index contributed by atoms with van der Waals surface area (Å²) in [6.45, 7) is 3.91. The third kappa shape index (κ3) is 4.14. The van der Waals surface area contributed by atoms with E-state index >= 15 is 0 Å². The van der Waals surface area contributed by atoms with Crippen molar-refractivity contribution in [1.82, 2.24) is 4.98 Å². The first-order valence-electron chi connectivity index (χ1n) is 6.83. The van der Waals surface area contributed by atoms with Gasteiger partial charge in [-0.2, -0.15) is 0 Å². The zero-order valence-electron chi connectivity index (χ0n) is 11.9. The van der Waals surface area contributed by atoms with Gasteiger partial charge in [0.2, 0.25) is 0 Å². The summed E-state index contributed by atoms with van der Waals surface area (Å²) in [7, 11) is 2.06. The Labute approximate surface area is 125 Å². The molecule has 0 bridgehead atoms. The number of nitrogens with zero attached hydrogens (tertiary/aromatic N) is 2. The summed E-state index contributed by atoms with van der Waals surface area (Å²) < 4.78 is 0. The summed E-state index contributed by atoms with van der Waals surface area (Å²) in [5, 5.41) is 4.12. The Hall–Kier alpha value is -1.74. The van der Waals surface area contributed by atoms with Crippen LogP contribution < -0.4 is 10.2 Å². The average Bonchev–Trinajstić information content (AvgIpc) is 2.45. The van der Waals surface area contributed by atoms with Crippen molar-refractivity contribution in [2.24, 2.45) is 0 Å². The predicted molar refractivity (Wildman–Crippen MR) is 86.6 cm³/mol. The molecular weight excluding hydrogens is 270 g/mol. The Morgan fingerprint density at radius 3 is 2.85 bits per heavy atom. The topological polar surface area (TPSA) is 28.2 Å². The summed E-state index contributed by atoms with van der Waals surface area (Å²) >= 11 is 6.02. The molecule has 0 amide bonds. The lowest BCUT2D eigenvalue weighted by molar-refractivity contribution is 0.916. The molecule has 1 aromatic carbocycles. The van der Waals surface area contributed by atoms with Gasteiger partial charge in [0.05, 0.1) is 23.8 Å². The standard InChI is InChI=1S/C16H20ClN3/c1-3-7-19-15-9-16(11-18-10-15)20(2)12-13-5-4-6-14(17)8-13/h4-6,8-11,19H,3,7,12H2,1-2H3. The molecule has 1 heterocycles. The fourth-order valence-electron chi connectivity index (χ4n) is 2.00. The molecule has 1 aromatic heterocycles. The number of halogens is 1. The van der Waals surface area contributed by atoms with Crippen molar-refractivity contribution in [2.75, 3.05) is 23.8 Å². The van der Waals surface area contributed by atoms with E-state index in [4.69, 9.17) is 11.6 Å². The van der Waals surface area contributed by atoms with E-state index in [0.29, 0.717) is 0 Å². The summed E-state index contributed by atoms with van der Waals surface area (Å²) in [6, 6.07) is 10.1. The van der Waals surface area contributed by atoms with Gasteiger partial charge in [0, 0.05) is 25.2 Å². The van der Waals surface area contributed by atoms with Gasteiger partial charge in [-0.1, -0.05) is 30.7 Å². The summed E-state index contributed by atoms with van der Waals surface area (Å²) in [5.74, 6) is 0. The Morgan fingerprint density at radius 1 is 1.25 bits per heavy atom. The highest BCUT2D eigenvalue weighted by Crippen LogP contribution is 2.19. The van der Waals surface area contributed by atoms with Gasteiger partial charge < -0.3 is 10.2 Å². The van der Waals surface area contributed by atoms with Gasteiger partial charge in [0.25, 0.3) is 0 Å². The molecule has 0 aliphatic heterocycles. The van der Waals surface area contributed by atoms with Crippen LogP contribution in [-0.4, -0.2) is 18.6 Å². The van der Waals surface area contributed by atoms with Crippen LogP contribution in [0.15, 0.2) is 42.7 Å². The zero-order chi connectivity index (χ0) is 14.4. The van der Waals surface area contributed by atoms with Crippen LogP contribution in [0.25, 0.3) is 0 Å². The average molecular weight is 290 g/mol. The molecule has 0 spiro atoms. The second-order valence-electron chi connectivity index (χ2n) is 4.84. The number of hydrogen-bond donors (Lipinski definition) is 1. The Morgan fingerprint density at radius 2 is 2.10 bits per heavy atom. The molecule has 106 valence electrons. The minimum absolute atomic E-state index is 0.771. The van der Waals surface area contributed by atoms with Crippen molar-refractivity contribution in [3.63, 3.8) is 0 Å². The zero-order valence-corrected chi connectivity index (χ0v) is 12.7. The molecule has 0 unspecified atom stereocenters. The first-order valence-corrected chi connectivity index (χ1v) is 7.21. The number of hydrogen-bond acceptors (Lipinski definition) is 3. The van der Waals surface area contributed by atoms with Crippen molar-refractivity contribution in [1.29, 1.82) is 0 Å². The monoisotopic (exact) mass is 289 g/mol. The van der Waals surface area contributed by atoms with Gasteiger partial charge in [0.15, 0.2) is 0 Å². The highest BCUT2D eigenvalue weighted by Gasteiger charge is 2.04. The maximum atomic E-state index is 6.02. The molecule has 0 saturated carbocycles. The number of rotatable bonds is 6. The van der Waals surface area contributed by atoms with Gasteiger partial charge in [-0.15, -0.1) is 0 Å². The van der Waals surface area contributed by atoms with Gasteiger partial charge in [-0.25, -0.2) is 0 Å². The van der Waals surface area contributed by atoms with E-state index in [1.807, 2.05) is 30.6 Å². The molecule has 3 nitrogen and oxygen atoms in total. The molecule has 0 aliphatic carbocycles. The fraction of sp³-hybridized carbons (Fsp3) is 0.312. The maximum Gasteiger partial charge on any atom is 0.0573 e. The van der Waals surface area contributed by atoms with Crippen molar-refractivity contribution in [3.05, 3.63) is 53.3 Å². The molecule has 2 aromatic rings. The normalized spacial score (nSPS) is 10.3. The number of nitrogens with one attached hydrogen (secondary N) is 1. The van der Waals surface area contributed by atoms with E-state index in [0.717, 1.165) is 35.9 Å². The molecule has 0 saturated heterocycles. The van der Waals surface area contributed by atoms with Gasteiger partial charge in [0.1, 0.15) is 0 Å². The van der Waals surface area contributed by atoms with Gasteiger partial charge in [-0.05, 0) is 30.2 Å². The maximum absolute atomic E-state index is 6.02. The number of benzene rings is 1. The molecule has 0 aliphatic rings. The lowest BCUT2D eigenvalue weighted by Gasteiger charge is -2.20. The predicted octanol–water partition coefficient (Wildman–Crippen LogP) is 4.19. The lowest BCUT2D eigenvalue weighted by atomic mass is 10.2. The molecule has 4 heteroatoms. The molecule has 2 rings (SSSR count). The van der Waals surface area contributed by atoms with Crippen LogP contribution in [0.5, 0.6) is 0 Å². The first kappa shape index (κ1) is 14.7. The fourth-order valence-corrected chi connectivity index (χ4v) is 2.22. The summed E-state index contributed by atoms with van der Waals surface area (Å²) in [6.07, 6.45) is 4.83. The lowest BCUT2D eigenvalue weighted by Crippen LogP contribution is -2.16. The largest absolute Gasteiger partial charge is 0.384 e. The van der Waals surface area contributed by atoms with Crippen molar-refractivity contribution >= 4 is 23.0 Å². The Balaban J connectivity index is 2.06. The van der Waals surface area contributed by atoms with E-state index in [-0.39, 0.29) is 0 Å². The highest BCUT2D eigenvalue weighted by atomic mass is 35.5. The molecule has 0 atom stereocenters. The first-order chi connectivity index (χ1) is 9.69. The van der Waals surface area contributed by atoms with Crippen LogP contribution in [-0.2, 0) is 6.54 Å². The number of pyridine rings is 1. The quantitative estimate of drug-likeness (QED) is 0.864. The third-order valence-corrected chi connectivity index (χ3v) is 3.29. The van der Waals surface area contributed by atoms with Gasteiger partial charge >= 0.3 is 0 Å². The van der Waals surface area contributed by atoms with E-state index in [1.54, 1.807) is 0 Å². The van der Waals surface area contributed by atoms with E-state index in [1.165, 1.54) is 5.56 Å². The van der Waals surface area contributed by atoms with Crippen molar-refractivity contribution in [2.45, 2.75) is 19.9 Å². The minimum atomic E-state index is 0.771. The minimum Gasteiger partial charge on any atom is -0.384 e. The van der Waals surface area contributed by atoms with Crippen LogP contribution >= 0.6 is 11.6 Å². The third-order valence-electron chi connectivity index (χ3n) is 3.05. The van der Waals surface area contributed by atoms with E-state index < -0.39 is 0 Å². The SMILES string of the molecule is CCCNc1cncc(N(C)Cc2cccc(Cl)c2)c1. The Bertz CT molecular complexity index is 557. The molecular formula is C16H20ClN3. The van der Waals surface area contributed by atoms with Crippen LogP contribution in [0.1, 0.15) is 18.9 Å². The number of aromatic nitrogens is 1. The van der Waals surface area contributed by atoms with Crippen LogP contribution in [0, 0.1) is 0 Å². The van der Waals surface area contributed by atoms with Gasteiger partial charge in [-0.3, -0.25) is 4.98 Å². The summed E-state index contributed by atoms with van der Waals surface area (Å²) in [5.41, 5.74) is 3.33. The molecule has 0 radical (unpaired) electrons. The highest BCUT2D eigenvalue weighted by molar-refractivity contribution is 6.30. The smallest absolute Gasteiger partial charge is 0.0573 e. The second kappa shape index (κ2) is 7.15. The van der Waals surface area contributed by atoms with Crippen LogP contribution in [0.2, 0.25) is 5.02 Å². The van der Waals surface area contributed by atoms with Crippen LogP contribution in [0.3, 0.4) is 0 Å². The van der Waals surface area contributed by atoms with E-state index in [9.17, 15) is 0 Å².